The fourth-order valence-electron chi connectivity index (χ4n) is 3.20. The molecule has 9 heteroatoms. The Morgan fingerprint density at radius 1 is 1.35 bits per heavy atom. The van der Waals surface area contributed by atoms with E-state index in [4.69, 9.17) is 16.3 Å². The molecule has 0 aromatic carbocycles. The van der Waals surface area contributed by atoms with Crippen molar-refractivity contribution in [2.75, 3.05) is 45.9 Å². The van der Waals surface area contributed by atoms with Crippen LogP contribution < -0.4 is 5.32 Å². The number of nitrogens with zero attached hydrogens (tertiary/aromatic N) is 3. The lowest BCUT2D eigenvalue weighted by Crippen LogP contribution is -2.57. The lowest BCUT2D eigenvalue weighted by molar-refractivity contribution is -0.137. The number of halogens is 1. The maximum Gasteiger partial charge on any atom is 0.253 e. The lowest BCUT2D eigenvalue weighted by Gasteiger charge is -2.37. The van der Waals surface area contributed by atoms with Gasteiger partial charge in [-0.05, 0) is 12.5 Å². The average Bonchev–Trinajstić information content (AvgIpc) is 2.65. The van der Waals surface area contributed by atoms with E-state index >= 15 is 0 Å². The number of hydrogen-bond acceptors (Lipinski definition) is 6. The van der Waals surface area contributed by atoms with Crippen molar-refractivity contribution in [1.82, 2.24) is 20.1 Å². The standard InChI is InChI=1S/C17H23ClN4O4/c18-13-9-19-3-1-12(13)17(25)20-14-10-21(4-2-15(14)23)11-16(24)22-5-7-26-8-6-22/h1,3,9,14-15,23H,2,4-8,10-11H2,(H,20,25)/t14-,15+/m1/s1. The fourth-order valence-corrected chi connectivity index (χ4v) is 3.41. The van der Waals surface area contributed by atoms with Gasteiger partial charge in [0.25, 0.3) is 5.91 Å². The van der Waals surface area contributed by atoms with Crippen LogP contribution in [0.25, 0.3) is 0 Å². The molecule has 2 aliphatic rings. The second-order valence-electron chi connectivity index (χ2n) is 6.52. The molecule has 8 nitrogen and oxygen atoms in total. The highest BCUT2D eigenvalue weighted by Crippen LogP contribution is 2.16. The van der Waals surface area contributed by atoms with Gasteiger partial charge in [-0.1, -0.05) is 11.6 Å². The molecule has 2 fully saturated rings. The highest BCUT2D eigenvalue weighted by atomic mass is 35.5. The van der Waals surface area contributed by atoms with E-state index in [1.165, 1.54) is 18.5 Å². The number of hydrogen-bond donors (Lipinski definition) is 2. The van der Waals surface area contributed by atoms with E-state index in [-0.39, 0.29) is 23.4 Å². The summed E-state index contributed by atoms with van der Waals surface area (Å²) < 4.78 is 5.26. The summed E-state index contributed by atoms with van der Waals surface area (Å²) in [5.41, 5.74) is 0.315. The molecule has 1 aromatic rings. The lowest BCUT2D eigenvalue weighted by atomic mass is 10.0. The Kier molecular flexibility index (Phi) is 6.42. The minimum absolute atomic E-state index is 0.0481. The topological polar surface area (TPSA) is 95.0 Å². The highest BCUT2D eigenvalue weighted by molar-refractivity contribution is 6.33. The predicted octanol–water partition coefficient (Wildman–Crippen LogP) is -0.241. The second-order valence-corrected chi connectivity index (χ2v) is 6.93. The summed E-state index contributed by atoms with van der Waals surface area (Å²) in [6.45, 7) is 3.64. The monoisotopic (exact) mass is 382 g/mol. The smallest absolute Gasteiger partial charge is 0.253 e. The zero-order valence-corrected chi connectivity index (χ0v) is 15.2. The largest absolute Gasteiger partial charge is 0.391 e. The number of pyridine rings is 1. The summed E-state index contributed by atoms with van der Waals surface area (Å²) >= 11 is 6.00. The Morgan fingerprint density at radius 2 is 2.12 bits per heavy atom. The molecule has 0 spiro atoms. The molecule has 2 aliphatic heterocycles. The van der Waals surface area contributed by atoms with Gasteiger partial charge in [-0.3, -0.25) is 19.5 Å². The van der Waals surface area contributed by atoms with Crippen molar-refractivity contribution in [3.63, 3.8) is 0 Å². The summed E-state index contributed by atoms with van der Waals surface area (Å²) in [5, 5.41) is 13.3. The molecule has 3 heterocycles. The van der Waals surface area contributed by atoms with Gasteiger partial charge < -0.3 is 20.1 Å². The van der Waals surface area contributed by atoms with Gasteiger partial charge in [0.2, 0.25) is 5.91 Å². The van der Waals surface area contributed by atoms with E-state index in [0.29, 0.717) is 51.4 Å². The SMILES string of the molecule is O=C(N[C@@H]1CN(CC(=O)N2CCOCC2)CC[C@@H]1O)c1ccncc1Cl. The number of carbonyl (C=O) groups excluding carboxylic acids is 2. The van der Waals surface area contributed by atoms with Crippen molar-refractivity contribution in [3.05, 3.63) is 29.0 Å². The van der Waals surface area contributed by atoms with Crippen LogP contribution in [0.3, 0.4) is 0 Å². The van der Waals surface area contributed by atoms with Crippen LogP contribution in [0.2, 0.25) is 5.02 Å². The van der Waals surface area contributed by atoms with Crippen molar-refractivity contribution >= 4 is 23.4 Å². The number of amides is 2. The van der Waals surface area contributed by atoms with Crippen LogP contribution in [-0.2, 0) is 9.53 Å². The van der Waals surface area contributed by atoms with Crippen LogP contribution in [0.4, 0.5) is 0 Å². The Balaban J connectivity index is 1.56. The molecule has 2 saturated heterocycles. The van der Waals surface area contributed by atoms with Crippen LogP contribution in [0.15, 0.2) is 18.5 Å². The molecule has 0 radical (unpaired) electrons. The third kappa shape index (κ3) is 4.70. The van der Waals surface area contributed by atoms with Gasteiger partial charge in [-0.2, -0.15) is 0 Å². The average molecular weight is 383 g/mol. The number of aliphatic hydroxyl groups excluding tert-OH is 1. The van der Waals surface area contributed by atoms with Crippen molar-refractivity contribution in [2.24, 2.45) is 0 Å². The van der Waals surface area contributed by atoms with E-state index in [9.17, 15) is 14.7 Å². The fraction of sp³-hybridized carbons (Fsp3) is 0.588. The molecular formula is C17H23ClN4O4. The van der Waals surface area contributed by atoms with Crippen LogP contribution in [0, 0.1) is 0 Å². The van der Waals surface area contributed by atoms with E-state index in [1.54, 1.807) is 4.90 Å². The molecule has 0 aliphatic carbocycles. The predicted molar refractivity (Wildman–Crippen MR) is 95.0 cm³/mol. The zero-order chi connectivity index (χ0) is 18.5. The van der Waals surface area contributed by atoms with E-state index < -0.39 is 12.1 Å². The van der Waals surface area contributed by atoms with Crippen LogP contribution in [0.1, 0.15) is 16.8 Å². The minimum Gasteiger partial charge on any atom is -0.391 e. The quantitative estimate of drug-likeness (QED) is 0.746. The molecule has 1 aromatic heterocycles. The van der Waals surface area contributed by atoms with Crippen LogP contribution in [0.5, 0.6) is 0 Å². The Morgan fingerprint density at radius 3 is 2.85 bits per heavy atom. The molecule has 0 unspecified atom stereocenters. The summed E-state index contributed by atoms with van der Waals surface area (Å²) in [7, 11) is 0. The van der Waals surface area contributed by atoms with Crippen molar-refractivity contribution in [1.29, 1.82) is 0 Å². The summed E-state index contributed by atoms with van der Waals surface area (Å²) in [5.74, 6) is -0.310. The number of piperidine rings is 1. The molecule has 142 valence electrons. The van der Waals surface area contributed by atoms with E-state index in [1.807, 2.05) is 4.90 Å². The van der Waals surface area contributed by atoms with Gasteiger partial charge in [0.1, 0.15) is 0 Å². The molecule has 2 N–H and O–H groups in total. The molecule has 0 saturated carbocycles. The van der Waals surface area contributed by atoms with E-state index in [2.05, 4.69) is 10.3 Å². The summed E-state index contributed by atoms with van der Waals surface area (Å²) in [6.07, 6.45) is 2.73. The molecule has 0 bridgehead atoms. The summed E-state index contributed by atoms with van der Waals surface area (Å²) in [6, 6.07) is 1.07. The number of nitrogens with one attached hydrogen (secondary N) is 1. The number of rotatable bonds is 4. The van der Waals surface area contributed by atoms with Crippen molar-refractivity contribution < 1.29 is 19.4 Å². The Bertz CT molecular complexity index is 653. The number of carbonyl (C=O) groups is 2. The van der Waals surface area contributed by atoms with Gasteiger partial charge >= 0.3 is 0 Å². The number of morpholine rings is 1. The van der Waals surface area contributed by atoms with E-state index in [0.717, 1.165) is 0 Å². The third-order valence-electron chi connectivity index (χ3n) is 4.72. The highest BCUT2D eigenvalue weighted by Gasteiger charge is 2.31. The van der Waals surface area contributed by atoms with Gasteiger partial charge in [-0.15, -0.1) is 0 Å². The normalized spacial score (nSPS) is 24.3. The zero-order valence-electron chi connectivity index (χ0n) is 14.4. The first-order chi connectivity index (χ1) is 12.5. The molecular weight excluding hydrogens is 360 g/mol. The molecule has 3 rings (SSSR count). The van der Waals surface area contributed by atoms with Gasteiger partial charge in [-0.25, -0.2) is 0 Å². The number of likely N-dealkylation sites (tertiary alicyclic amines) is 1. The molecule has 26 heavy (non-hydrogen) atoms. The number of aliphatic hydroxyl groups is 1. The Hall–Kier alpha value is -1.74. The first kappa shape index (κ1) is 19.0. The number of ether oxygens (including phenoxy) is 1. The van der Waals surface area contributed by atoms with Crippen LogP contribution in [-0.4, -0.2) is 89.8 Å². The first-order valence-corrected chi connectivity index (χ1v) is 9.08. The first-order valence-electron chi connectivity index (χ1n) is 8.71. The van der Waals surface area contributed by atoms with Gasteiger partial charge in [0, 0.05) is 38.6 Å². The third-order valence-corrected chi connectivity index (χ3v) is 5.02. The molecule has 2 amide bonds. The molecule has 2 atom stereocenters. The summed E-state index contributed by atoms with van der Waals surface area (Å²) in [4.78, 5) is 32.4. The van der Waals surface area contributed by atoms with Crippen molar-refractivity contribution in [3.8, 4) is 0 Å². The Labute approximate surface area is 157 Å². The van der Waals surface area contributed by atoms with Crippen molar-refractivity contribution in [2.45, 2.75) is 18.6 Å². The van der Waals surface area contributed by atoms with Gasteiger partial charge in [0.15, 0.2) is 0 Å². The maximum atomic E-state index is 12.4. The second kappa shape index (κ2) is 8.77. The number of aromatic nitrogens is 1. The van der Waals surface area contributed by atoms with Crippen LogP contribution >= 0.6 is 11.6 Å². The van der Waals surface area contributed by atoms with Gasteiger partial charge in [0.05, 0.1) is 42.5 Å². The minimum atomic E-state index is -0.658. The maximum absolute atomic E-state index is 12.4.